The van der Waals surface area contributed by atoms with Gasteiger partial charge in [-0.2, -0.15) is 0 Å². The van der Waals surface area contributed by atoms with Gasteiger partial charge in [0.05, 0.1) is 0 Å². The van der Waals surface area contributed by atoms with Crippen molar-refractivity contribution in [2.45, 2.75) is 71.5 Å². The Hall–Kier alpha value is -0.153. The highest BCUT2D eigenvalue weighted by molar-refractivity contribution is 6.77. The molecule has 0 bridgehead atoms. The molecule has 0 aliphatic heterocycles. The van der Waals surface area contributed by atoms with Gasteiger partial charge < -0.3 is 9.22 Å². The van der Waals surface area contributed by atoms with Crippen molar-refractivity contribution >= 4 is 14.6 Å². The van der Waals surface area contributed by atoms with Crippen LogP contribution in [0.3, 0.4) is 0 Å². The fourth-order valence-corrected chi connectivity index (χ4v) is 8.51. The maximum atomic E-state index is 10.9. The summed E-state index contributed by atoms with van der Waals surface area (Å²) in [5.74, 6) is 0.0677. The lowest BCUT2D eigenvalue weighted by molar-refractivity contribution is -0.112. The van der Waals surface area contributed by atoms with E-state index in [-0.39, 0.29) is 5.92 Å². The molecule has 1 atom stereocenters. The fraction of sp³-hybridized carbons (Fsp3) is 0.929. The van der Waals surface area contributed by atoms with E-state index in [9.17, 15) is 4.79 Å². The first-order valence-electron chi connectivity index (χ1n) is 6.92. The van der Waals surface area contributed by atoms with Gasteiger partial charge in [-0.25, -0.2) is 0 Å². The van der Waals surface area contributed by atoms with Gasteiger partial charge in [-0.1, -0.05) is 48.5 Å². The number of rotatable bonds is 8. The third-order valence-corrected chi connectivity index (χ3v) is 10.1. The molecule has 2 nitrogen and oxygen atoms in total. The fourth-order valence-electron chi connectivity index (χ4n) is 3.00. The molecule has 0 aromatic carbocycles. The molecule has 0 N–H and O–H groups in total. The molecule has 0 saturated carbocycles. The van der Waals surface area contributed by atoms with Crippen molar-refractivity contribution in [2.24, 2.45) is 5.92 Å². The summed E-state index contributed by atoms with van der Waals surface area (Å²) in [5, 5.41) is 0. The van der Waals surface area contributed by atoms with Crippen LogP contribution in [0, 0.1) is 5.92 Å². The predicted molar refractivity (Wildman–Crippen MR) is 76.8 cm³/mol. The van der Waals surface area contributed by atoms with E-state index in [2.05, 4.69) is 41.5 Å². The number of hydrogen-bond acceptors (Lipinski definition) is 2. The molecule has 0 aliphatic rings. The van der Waals surface area contributed by atoms with Crippen LogP contribution in [0.5, 0.6) is 0 Å². The molecule has 0 unspecified atom stereocenters. The largest absolute Gasteiger partial charge is 0.415 e. The molecule has 3 heteroatoms. The third kappa shape index (κ3) is 3.92. The van der Waals surface area contributed by atoms with Crippen molar-refractivity contribution in [1.29, 1.82) is 0 Å². The van der Waals surface area contributed by atoms with Gasteiger partial charge in [0.25, 0.3) is 0 Å². The van der Waals surface area contributed by atoms with Crippen LogP contribution in [0.4, 0.5) is 0 Å². The molecule has 0 rings (SSSR count). The maximum absolute atomic E-state index is 10.9. The summed E-state index contributed by atoms with van der Waals surface area (Å²) >= 11 is 0. The SMILES string of the molecule is CC[C@@H](C=O)CO[Si](C(C)C)(C(C)C)C(C)C. The number of carbonyl (C=O) groups is 1. The van der Waals surface area contributed by atoms with Crippen LogP contribution in [0.1, 0.15) is 54.9 Å². The van der Waals surface area contributed by atoms with E-state index in [1.54, 1.807) is 0 Å². The molecule has 0 spiro atoms. The summed E-state index contributed by atoms with van der Waals surface area (Å²) in [6.45, 7) is 16.3. The Morgan fingerprint density at radius 3 is 1.65 bits per heavy atom. The van der Waals surface area contributed by atoms with Gasteiger partial charge in [0.2, 0.25) is 0 Å². The van der Waals surface area contributed by atoms with Crippen LogP contribution in [0.2, 0.25) is 16.6 Å². The normalized spacial score (nSPS) is 14.7. The average molecular weight is 258 g/mol. The molecule has 0 amide bonds. The van der Waals surface area contributed by atoms with E-state index in [1.165, 1.54) is 0 Å². The zero-order valence-corrected chi connectivity index (χ0v) is 13.6. The van der Waals surface area contributed by atoms with Crippen molar-refractivity contribution in [3.8, 4) is 0 Å². The molecule has 102 valence electrons. The lowest BCUT2D eigenvalue weighted by Crippen LogP contribution is -2.48. The van der Waals surface area contributed by atoms with E-state index in [0.29, 0.717) is 23.2 Å². The predicted octanol–water partition coefficient (Wildman–Crippen LogP) is 4.40. The minimum Gasteiger partial charge on any atom is -0.415 e. The second kappa shape index (κ2) is 7.32. The lowest BCUT2D eigenvalue weighted by atomic mass is 10.1. The molecular formula is C14H30O2Si. The highest BCUT2D eigenvalue weighted by atomic mass is 28.4. The Kier molecular flexibility index (Phi) is 7.25. The number of hydrogen-bond donors (Lipinski definition) is 0. The van der Waals surface area contributed by atoms with E-state index in [0.717, 1.165) is 12.7 Å². The molecule has 0 aliphatic carbocycles. The quantitative estimate of drug-likeness (QED) is 0.476. The second-order valence-electron chi connectivity index (χ2n) is 5.93. The molecule has 0 aromatic rings. The minimum atomic E-state index is -1.78. The first kappa shape index (κ1) is 16.8. The highest BCUT2D eigenvalue weighted by Crippen LogP contribution is 2.42. The van der Waals surface area contributed by atoms with Gasteiger partial charge in [-0.05, 0) is 23.0 Å². The van der Waals surface area contributed by atoms with Crippen LogP contribution in [0.15, 0.2) is 0 Å². The summed E-state index contributed by atoms with van der Waals surface area (Å²) in [5.41, 5.74) is 1.77. The Balaban J connectivity index is 4.87. The average Bonchev–Trinajstić information content (AvgIpc) is 2.23. The molecular weight excluding hydrogens is 228 g/mol. The van der Waals surface area contributed by atoms with Crippen molar-refractivity contribution < 1.29 is 9.22 Å². The first-order chi connectivity index (χ1) is 7.82. The van der Waals surface area contributed by atoms with Crippen LogP contribution >= 0.6 is 0 Å². The summed E-state index contributed by atoms with van der Waals surface area (Å²) in [4.78, 5) is 10.9. The maximum Gasteiger partial charge on any atom is 0.200 e. The monoisotopic (exact) mass is 258 g/mol. The minimum absolute atomic E-state index is 0.0677. The molecule has 0 aromatic heterocycles. The smallest absolute Gasteiger partial charge is 0.200 e. The van der Waals surface area contributed by atoms with Crippen LogP contribution in [-0.2, 0) is 9.22 Å². The molecule has 0 heterocycles. The Morgan fingerprint density at radius 2 is 1.41 bits per heavy atom. The number of aldehydes is 1. The van der Waals surface area contributed by atoms with E-state index >= 15 is 0 Å². The second-order valence-corrected chi connectivity index (χ2v) is 11.4. The summed E-state index contributed by atoms with van der Waals surface area (Å²) in [6.07, 6.45) is 1.92. The van der Waals surface area contributed by atoms with Gasteiger partial charge in [-0.3, -0.25) is 0 Å². The first-order valence-corrected chi connectivity index (χ1v) is 9.06. The van der Waals surface area contributed by atoms with Gasteiger partial charge in [0, 0.05) is 12.5 Å². The summed E-state index contributed by atoms with van der Waals surface area (Å²) < 4.78 is 6.37. The van der Waals surface area contributed by atoms with Crippen LogP contribution in [-0.4, -0.2) is 21.2 Å². The van der Waals surface area contributed by atoms with Crippen molar-refractivity contribution in [3.63, 3.8) is 0 Å². The van der Waals surface area contributed by atoms with E-state index < -0.39 is 8.32 Å². The van der Waals surface area contributed by atoms with Crippen molar-refractivity contribution in [2.75, 3.05) is 6.61 Å². The molecule has 0 radical (unpaired) electrons. The van der Waals surface area contributed by atoms with Gasteiger partial charge >= 0.3 is 0 Å². The summed E-state index contributed by atoms with van der Waals surface area (Å²) in [6, 6.07) is 0. The zero-order chi connectivity index (χ0) is 13.6. The molecule has 0 fully saturated rings. The standard InChI is InChI=1S/C14H30O2Si/c1-8-14(9-15)10-16-17(11(2)3,12(4)5)13(6)7/h9,11-14H,8,10H2,1-7H3/t14-/m0/s1. The summed E-state index contributed by atoms with van der Waals surface area (Å²) in [7, 11) is -1.78. The van der Waals surface area contributed by atoms with E-state index in [1.807, 2.05) is 6.92 Å². The van der Waals surface area contributed by atoms with Gasteiger partial charge in [0.1, 0.15) is 6.29 Å². The molecule has 0 saturated heterocycles. The Morgan fingerprint density at radius 1 is 1.00 bits per heavy atom. The van der Waals surface area contributed by atoms with Crippen molar-refractivity contribution in [1.82, 2.24) is 0 Å². The van der Waals surface area contributed by atoms with E-state index in [4.69, 9.17) is 4.43 Å². The number of carbonyl (C=O) groups excluding carboxylic acids is 1. The van der Waals surface area contributed by atoms with Gasteiger partial charge in [0.15, 0.2) is 8.32 Å². The third-order valence-electron chi connectivity index (χ3n) is 3.97. The van der Waals surface area contributed by atoms with Crippen LogP contribution < -0.4 is 0 Å². The van der Waals surface area contributed by atoms with Crippen molar-refractivity contribution in [3.05, 3.63) is 0 Å². The Labute approximate surface area is 108 Å². The lowest BCUT2D eigenvalue weighted by Gasteiger charge is -2.42. The van der Waals surface area contributed by atoms with Crippen LogP contribution in [0.25, 0.3) is 0 Å². The van der Waals surface area contributed by atoms with Gasteiger partial charge in [-0.15, -0.1) is 0 Å². The highest BCUT2D eigenvalue weighted by Gasteiger charge is 2.45. The Bertz CT molecular complexity index is 202. The zero-order valence-electron chi connectivity index (χ0n) is 12.6. The topological polar surface area (TPSA) is 26.3 Å². The molecule has 17 heavy (non-hydrogen) atoms.